The number of ether oxygens (including phenoxy) is 2. The fourth-order valence-corrected chi connectivity index (χ4v) is 11.0. The van der Waals surface area contributed by atoms with E-state index < -0.39 is 7.26 Å². The second-order valence-electron chi connectivity index (χ2n) is 8.92. The number of rotatable bonds is 11. The molecule has 0 aliphatic heterocycles. The molecule has 0 atom stereocenters. The summed E-state index contributed by atoms with van der Waals surface area (Å²) < 4.78 is 14.7. The van der Waals surface area contributed by atoms with Gasteiger partial charge in [0.2, 0.25) is 0 Å². The molecular formula is C29H36I2O2P+. The Morgan fingerprint density at radius 2 is 1.35 bits per heavy atom. The van der Waals surface area contributed by atoms with Gasteiger partial charge < -0.3 is 9.47 Å². The summed E-state index contributed by atoms with van der Waals surface area (Å²) in [4.78, 5) is 0. The molecule has 0 heterocycles. The van der Waals surface area contributed by atoms with E-state index in [1.165, 1.54) is 72.7 Å². The van der Waals surface area contributed by atoms with Crippen LogP contribution in [-0.2, 0) is 0 Å². The van der Waals surface area contributed by atoms with E-state index in [-0.39, 0.29) is 0 Å². The normalized spacial score (nSPS) is 11.5. The van der Waals surface area contributed by atoms with E-state index in [0.717, 1.165) is 11.5 Å². The number of hydrogen-bond donors (Lipinski definition) is 0. The number of hydrogen-bond acceptors (Lipinski definition) is 2. The lowest BCUT2D eigenvalue weighted by molar-refractivity contribution is 0.407. The molecule has 34 heavy (non-hydrogen) atoms. The van der Waals surface area contributed by atoms with Crippen LogP contribution in [-0.4, -0.2) is 33.2 Å². The Balaban J connectivity index is 2.44. The van der Waals surface area contributed by atoms with Crippen LogP contribution in [0.4, 0.5) is 0 Å². The Morgan fingerprint density at radius 3 is 1.91 bits per heavy atom. The molecule has 0 radical (unpaired) electrons. The molecule has 3 aromatic carbocycles. The van der Waals surface area contributed by atoms with Gasteiger partial charge in [-0.2, -0.15) is 0 Å². The van der Waals surface area contributed by atoms with Crippen LogP contribution in [0.3, 0.4) is 0 Å². The summed E-state index contributed by atoms with van der Waals surface area (Å²) >= 11 is 4.95. The Bertz CT molecular complexity index is 1090. The lowest BCUT2D eigenvalue weighted by Gasteiger charge is -2.29. The standard InChI is InChI=1S/C29H36I2O2P/c1-6-8-17-34(5,18-9-7-2)29-26(33-4)16-15-25(32-3)28(29)27-23(19-22(30)20-24(27)31)21-13-11-10-12-14-21/h10-16,19-20H,6-9,17-18H2,1-5H3/q+1. The Hall–Kier alpha value is -0.850. The minimum absolute atomic E-state index is 0.936. The highest BCUT2D eigenvalue weighted by molar-refractivity contribution is 14.1. The molecule has 0 N–H and O–H groups in total. The Morgan fingerprint density at radius 1 is 0.765 bits per heavy atom. The van der Waals surface area contributed by atoms with E-state index in [1.807, 2.05) is 7.11 Å². The fourth-order valence-electron chi connectivity index (χ4n) is 4.69. The van der Waals surface area contributed by atoms with Crippen molar-refractivity contribution in [3.05, 3.63) is 61.7 Å². The predicted molar refractivity (Wildman–Crippen MR) is 168 cm³/mol. The molecule has 0 spiro atoms. The van der Waals surface area contributed by atoms with Gasteiger partial charge in [-0.3, -0.25) is 0 Å². The lowest BCUT2D eigenvalue weighted by atomic mass is 9.93. The number of methoxy groups -OCH3 is 2. The van der Waals surface area contributed by atoms with Crippen molar-refractivity contribution in [1.82, 2.24) is 0 Å². The zero-order chi connectivity index (χ0) is 24.7. The predicted octanol–water partition coefficient (Wildman–Crippen LogP) is 9.12. The molecule has 3 rings (SSSR count). The van der Waals surface area contributed by atoms with Gasteiger partial charge in [-0.1, -0.05) is 57.0 Å². The van der Waals surface area contributed by atoms with E-state index >= 15 is 0 Å². The first kappa shape index (κ1) is 27.7. The molecule has 0 aliphatic carbocycles. The van der Waals surface area contributed by atoms with Crippen molar-refractivity contribution in [2.45, 2.75) is 39.5 Å². The highest BCUT2D eigenvalue weighted by Crippen LogP contribution is 2.61. The topological polar surface area (TPSA) is 18.5 Å². The van der Waals surface area contributed by atoms with Gasteiger partial charge in [0.15, 0.2) is 5.75 Å². The van der Waals surface area contributed by atoms with E-state index in [9.17, 15) is 0 Å². The van der Waals surface area contributed by atoms with Crippen LogP contribution in [0, 0.1) is 7.14 Å². The molecule has 0 saturated heterocycles. The third-order valence-electron chi connectivity index (χ3n) is 6.48. The third kappa shape index (κ3) is 6.10. The summed E-state index contributed by atoms with van der Waals surface area (Å²) in [7, 11) is 2.11. The zero-order valence-corrected chi connectivity index (χ0v) is 26.2. The fraction of sp³-hybridized carbons (Fsp3) is 0.379. The maximum atomic E-state index is 6.09. The Labute approximate surface area is 233 Å². The molecule has 0 amide bonds. The molecule has 0 bridgehead atoms. The maximum Gasteiger partial charge on any atom is 0.161 e. The van der Waals surface area contributed by atoms with Gasteiger partial charge >= 0.3 is 0 Å². The summed E-state index contributed by atoms with van der Waals surface area (Å²) in [5.41, 5.74) is 4.97. The van der Waals surface area contributed by atoms with Crippen molar-refractivity contribution in [3.63, 3.8) is 0 Å². The van der Waals surface area contributed by atoms with E-state index in [4.69, 9.17) is 9.47 Å². The molecule has 0 aliphatic rings. The summed E-state index contributed by atoms with van der Waals surface area (Å²) in [5, 5.41) is 1.40. The average Bonchev–Trinajstić information content (AvgIpc) is 2.85. The second kappa shape index (κ2) is 12.9. The van der Waals surface area contributed by atoms with Gasteiger partial charge in [0.25, 0.3) is 0 Å². The highest BCUT2D eigenvalue weighted by atomic mass is 127. The van der Waals surface area contributed by atoms with Crippen molar-refractivity contribution in [2.75, 3.05) is 33.2 Å². The van der Waals surface area contributed by atoms with Gasteiger partial charge in [0, 0.05) is 20.0 Å². The average molecular weight is 701 g/mol. The molecular weight excluding hydrogens is 665 g/mol. The van der Waals surface area contributed by atoms with Crippen LogP contribution in [0.25, 0.3) is 22.3 Å². The van der Waals surface area contributed by atoms with Crippen molar-refractivity contribution in [1.29, 1.82) is 0 Å². The van der Waals surface area contributed by atoms with Gasteiger partial charge in [-0.25, -0.2) is 0 Å². The van der Waals surface area contributed by atoms with E-state index in [0.29, 0.717) is 0 Å². The minimum Gasteiger partial charge on any atom is -0.496 e. The largest absolute Gasteiger partial charge is 0.496 e. The van der Waals surface area contributed by atoms with Crippen molar-refractivity contribution >= 4 is 57.7 Å². The van der Waals surface area contributed by atoms with Gasteiger partial charge in [-0.15, -0.1) is 0 Å². The number of unbranched alkanes of at least 4 members (excludes halogenated alkanes) is 2. The smallest absolute Gasteiger partial charge is 0.161 e. The Kier molecular flexibility index (Phi) is 10.5. The second-order valence-corrected chi connectivity index (χ2v) is 15.5. The molecule has 5 heteroatoms. The summed E-state index contributed by atoms with van der Waals surface area (Å²) in [6.07, 6.45) is 7.37. The molecule has 0 saturated carbocycles. The third-order valence-corrected chi connectivity index (χ3v) is 12.1. The molecule has 2 nitrogen and oxygen atoms in total. The van der Waals surface area contributed by atoms with Gasteiger partial charge in [0.1, 0.15) is 11.1 Å². The van der Waals surface area contributed by atoms with Crippen molar-refractivity contribution in [2.24, 2.45) is 0 Å². The molecule has 0 fully saturated rings. The summed E-state index contributed by atoms with van der Waals surface area (Å²) in [5.74, 6) is 1.94. The van der Waals surface area contributed by atoms with Crippen LogP contribution in [0.5, 0.6) is 11.5 Å². The first-order valence-corrected chi connectivity index (χ1v) is 16.8. The van der Waals surface area contributed by atoms with E-state index in [2.05, 4.69) is 120 Å². The monoisotopic (exact) mass is 701 g/mol. The van der Waals surface area contributed by atoms with Gasteiger partial charge in [0.05, 0.1) is 38.8 Å². The molecule has 182 valence electrons. The lowest BCUT2D eigenvalue weighted by Crippen LogP contribution is -2.22. The number of halogens is 2. The SMILES string of the molecule is CCCC[P+](C)(CCCC)c1c(OC)ccc(OC)c1-c1c(I)cc(I)cc1-c1ccccc1. The first-order chi connectivity index (χ1) is 16.4. The zero-order valence-electron chi connectivity index (χ0n) is 21.0. The van der Waals surface area contributed by atoms with E-state index in [1.54, 1.807) is 7.11 Å². The minimum atomic E-state index is -1.51. The molecule has 0 aromatic heterocycles. The van der Waals surface area contributed by atoms with Crippen LogP contribution < -0.4 is 14.8 Å². The highest BCUT2D eigenvalue weighted by Gasteiger charge is 2.41. The van der Waals surface area contributed by atoms with Crippen LogP contribution >= 0.6 is 52.4 Å². The molecule has 3 aromatic rings. The van der Waals surface area contributed by atoms with Crippen molar-refractivity contribution in [3.8, 4) is 33.8 Å². The van der Waals surface area contributed by atoms with Crippen molar-refractivity contribution < 1.29 is 9.47 Å². The van der Waals surface area contributed by atoms with Gasteiger partial charge in [-0.05, 0) is 93.4 Å². The maximum absolute atomic E-state index is 6.09. The quantitative estimate of drug-likeness (QED) is 0.147. The first-order valence-electron chi connectivity index (χ1n) is 12.0. The van der Waals surface area contributed by atoms with Crippen LogP contribution in [0.2, 0.25) is 0 Å². The molecule has 0 unspecified atom stereocenters. The summed E-state index contributed by atoms with van der Waals surface area (Å²) in [6.45, 7) is 7.13. The summed E-state index contributed by atoms with van der Waals surface area (Å²) in [6, 6.07) is 19.5. The number of benzene rings is 3. The van der Waals surface area contributed by atoms with Crippen LogP contribution in [0.15, 0.2) is 54.6 Å². The van der Waals surface area contributed by atoms with Crippen LogP contribution in [0.1, 0.15) is 39.5 Å².